The van der Waals surface area contributed by atoms with Crippen LogP contribution in [0.4, 0.5) is 0 Å². The lowest BCUT2D eigenvalue weighted by molar-refractivity contribution is 0.235. The molecule has 1 aromatic carbocycles. The molecule has 0 amide bonds. The minimum absolute atomic E-state index is 0.105. The van der Waals surface area contributed by atoms with Gasteiger partial charge in [0.05, 0.1) is 6.54 Å². The number of fused-ring (bicyclic) bond motifs is 1. The van der Waals surface area contributed by atoms with Crippen molar-refractivity contribution in [2.45, 2.75) is 52.2 Å². The Morgan fingerprint density at radius 2 is 2.08 bits per heavy atom. The van der Waals surface area contributed by atoms with E-state index < -0.39 is 0 Å². The van der Waals surface area contributed by atoms with Crippen molar-refractivity contribution >= 4 is 5.96 Å². The molecule has 140 valence electrons. The zero-order valence-electron chi connectivity index (χ0n) is 15.9. The number of nitrogens with zero attached hydrogens (tertiary/aromatic N) is 3. The van der Waals surface area contributed by atoms with Gasteiger partial charge in [-0.1, -0.05) is 44.1 Å². The van der Waals surface area contributed by atoms with Crippen LogP contribution in [-0.4, -0.2) is 35.3 Å². The second-order valence-corrected chi connectivity index (χ2v) is 7.39. The summed E-state index contributed by atoms with van der Waals surface area (Å²) in [5, 5.41) is 10.6. The van der Waals surface area contributed by atoms with Crippen molar-refractivity contribution in [3.63, 3.8) is 0 Å². The molecular formula is C19H27N5O2. The summed E-state index contributed by atoms with van der Waals surface area (Å²) in [7, 11) is 0. The molecule has 2 N–H and O–H groups in total. The van der Waals surface area contributed by atoms with Gasteiger partial charge in [-0.25, -0.2) is 4.99 Å². The maximum atomic E-state index is 5.95. The van der Waals surface area contributed by atoms with Crippen LogP contribution in [0.5, 0.6) is 5.75 Å². The highest BCUT2D eigenvalue weighted by molar-refractivity contribution is 5.79. The molecule has 1 aliphatic heterocycles. The minimum Gasteiger partial charge on any atom is -0.488 e. The molecule has 0 aliphatic carbocycles. The van der Waals surface area contributed by atoms with Crippen molar-refractivity contribution < 1.29 is 9.26 Å². The first-order valence-electron chi connectivity index (χ1n) is 9.05. The average Bonchev–Trinajstić information content (AvgIpc) is 3.23. The van der Waals surface area contributed by atoms with Gasteiger partial charge in [0.2, 0.25) is 5.89 Å². The van der Waals surface area contributed by atoms with E-state index in [-0.39, 0.29) is 11.5 Å². The Balaban J connectivity index is 1.55. The number of aliphatic imine (C=N–C) groups is 1. The molecule has 1 aliphatic rings. The molecule has 0 saturated carbocycles. The monoisotopic (exact) mass is 357 g/mol. The molecule has 0 fully saturated rings. The number of aromatic nitrogens is 2. The van der Waals surface area contributed by atoms with Gasteiger partial charge in [-0.2, -0.15) is 4.98 Å². The fourth-order valence-corrected chi connectivity index (χ4v) is 2.69. The van der Waals surface area contributed by atoms with Crippen molar-refractivity contribution in [2.75, 3.05) is 13.1 Å². The second kappa shape index (κ2) is 7.76. The van der Waals surface area contributed by atoms with E-state index in [1.165, 1.54) is 5.56 Å². The summed E-state index contributed by atoms with van der Waals surface area (Å²) >= 11 is 0. The van der Waals surface area contributed by atoms with Crippen LogP contribution in [0.2, 0.25) is 0 Å². The molecule has 0 bridgehead atoms. The summed E-state index contributed by atoms with van der Waals surface area (Å²) in [6.45, 7) is 9.97. The van der Waals surface area contributed by atoms with Crippen LogP contribution in [0.1, 0.15) is 45.0 Å². The molecule has 26 heavy (non-hydrogen) atoms. The predicted octanol–water partition coefficient (Wildman–Crippen LogP) is 2.43. The first kappa shape index (κ1) is 18.2. The van der Waals surface area contributed by atoms with Crippen molar-refractivity contribution in [1.29, 1.82) is 0 Å². The van der Waals surface area contributed by atoms with Crippen LogP contribution in [0.3, 0.4) is 0 Å². The zero-order chi connectivity index (χ0) is 18.6. The van der Waals surface area contributed by atoms with Crippen molar-refractivity contribution in [1.82, 2.24) is 20.8 Å². The third-order valence-electron chi connectivity index (χ3n) is 4.04. The first-order chi connectivity index (χ1) is 12.5. The molecule has 1 unspecified atom stereocenters. The summed E-state index contributed by atoms with van der Waals surface area (Å²) in [5.41, 5.74) is 1.09. The minimum atomic E-state index is -0.160. The maximum Gasteiger partial charge on any atom is 0.232 e. The van der Waals surface area contributed by atoms with Gasteiger partial charge >= 0.3 is 0 Å². The van der Waals surface area contributed by atoms with Gasteiger partial charge in [-0.05, 0) is 18.6 Å². The van der Waals surface area contributed by atoms with E-state index in [1.54, 1.807) is 0 Å². The lowest BCUT2D eigenvalue weighted by Gasteiger charge is -2.15. The lowest BCUT2D eigenvalue weighted by Crippen LogP contribution is -2.42. The van der Waals surface area contributed by atoms with Gasteiger partial charge < -0.3 is 19.9 Å². The highest BCUT2D eigenvalue weighted by atomic mass is 16.5. The lowest BCUT2D eigenvalue weighted by atomic mass is 9.97. The van der Waals surface area contributed by atoms with Crippen LogP contribution < -0.4 is 15.4 Å². The Morgan fingerprint density at radius 3 is 2.77 bits per heavy atom. The summed E-state index contributed by atoms with van der Waals surface area (Å²) in [5.74, 6) is 2.89. The number of benzene rings is 1. The van der Waals surface area contributed by atoms with Crippen molar-refractivity contribution in [3.8, 4) is 5.75 Å². The fourth-order valence-electron chi connectivity index (χ4n) is 2.69. The van der Waals surface area contributed by atoms with E-state index >= 15 is 0 Å². The largest absolute Gasteiger partial charge is 0.488 e. The maximum absolute atomic E-state index is 5.95. The van der Waals surface area contributed by atoms with E-state index in [0.717, 1.165) is 18.7 Å². The van der Waals surface area contributed by atoms with Gasteiger partial charge in [0, 0.05) is 18.4 Å². The van der Waals surface area contributed by atoms with Crippen molar-refractivity contribution in [2.24, 2.45) is 4.99 Å². The van der Waals surface area contributed by atoms with Gasteiger partial charge in [0.15, 0.2) is 11.8 Å². The summed E-state index contributed by atoms with van der Waals surface area (Å²) < 4.78 is 11.3. The van der Waals surface area contributed by atoms with E-state index in [9.17, 15) is 0 Å². The smallest absolute Gasteiger partial charge is 0.232 e. The summed E-state index contributed by atoms with van der Waals surface area (Å²) in [6, 6.07) is 8.16. The Hall–Kier alpha value is -2.57. The van der Waals surface area contributed by atoms with E-state index in [1.807, 2.05) is 45.9 Å². The standard InChI is InChI=1S/C19H27N5O2/c1-5-20-18(22-12-16-23-17(26-24-16)19(2,3)4)21-11-14-10-13-8-6-7-9-15(13)25-14/h6-9,14H,5,10-12H2,1-4H3,(H2,20,21,22). The molecule has 3 rings (SSSR count). The first-order valence-corrected chi connectivity index (χ1v) is 9.05. The van der Waals surface area contributed by atoms with Crippen LogP contribution >= 0.6 is 0 Å². The predicted molar refractivity (Wildman–Crippen MR) is 100 cm³/mol. The number of rotatable bonds is 5. The van der Waals surface area contributed by atoms with Gasteiger partial charge in [-0.3, -0.25) is 0 Å². The van der Waals surface area contributed by atoms with Gasteiger partial charge in [0.1, 0.15) is 18.4 Å². The number of ether oxygens (including phenoxy) is 1. The fraction of sp³-hybridized carbons (Fsp3) is 0.526. The Morgan fingerprint density at radius 1 is 1.27 bits per heavy atom. The average molecular weight is 357 g/mol. The quantitative estimate of drug-likeness (QED) is 0.631. The molecule has 2 heterocycles. The van der Waals surface area contributed by atoms with E-state index in [2.05, 4.69) is 31.8 Å². The molecular weight excluding hydrogens is 330 g/mol. The molecule has 0 radical (unpaired) electrons. The SMILES string of the molecule is CCNC(=NCc1noc(C(C)(C)C)n1)NCC1Cc2ccccc2O1. The topological polar surface area (TPSA) is 84.6 Å². The summed E-state index contributed by atoms with van der Waals surface area (Å²) in [4.78, 5) is 8.96. The number of hydrogen-bond acceptors (Lipinski definition) is 5. The van der Waals surface area contributed by atoms with Crippen LogP contribution in [0.25, 0.3) is 0 Å². The second-order valence-electron chi connectivity index (χ2n) is 7.39. The highest BCUT2D eigenvalue weighted by Gasteiger charge is 2.23. The van der Waals surface area contributed by atoms with E-state index in [4.69, 9.17) is 9.26 Å². The Labute approximate surface area is 154 Å². The number of nitrogens with one attached hydrogen (secondary N) is 2. The third-order valence-corrected chi connectivity index (χ3v) is 4.04. The van der Waals surface area contributed by atoms with Gasteiger partial charge in [-0.15, -0.1) is 0 Å². The van der Waals surface area contributed by atoms with Crippen molar-refractivity contribution in [3.05, 3.63) is 41.5 Å². The summed E-state index contributed by atoms with van der Waals surface area (Å²) in [6.07, 6.45) is 1.01. The van der Waals surface area contributed by atoms with Crippen LogP contribution in [0, 0.1) is 0 Å². The number of hydrogen-bond donors (Lipinski definition) is 2. The van der Waals surface area contributed by atoms with Gasteiger partial charge in [0.25, 0.3) is 0 Å². The molecule has 7 nitrogen and oxygen atoms in total. The third kappa shape index (κ3) is 4.53. The highest BCUT2D eigenvalue weighted by Crippen LogP contribution is 2.27. The zero-order valence-corrected chi connectivity index (χ0v) is 15.9. The molecule has 0 saturated heterocycles. The molecule has 7 heteroatoms. The Bertz CT molecular complexity index is 738. The number of para-hydroxylation sites is 1. The normalized spacial score (nSPS) is 16.9. The Kier molecular flexibility index (Phi) is 5.44. The molecule has 1 atom stereocenters. The molecule has 2 aromatic rings. The van der Waals surface area contributed by atoms with E-state index in [0.29, 0.717) is 30.8 Å². The molecule has 0 spiro atoms. The number of guanidine groups is 1. The molecule has 1 aromatic heterocycles. The van der Waals surface area contributed by atoms with Crippen LogP contribution in [-0.2, 0) is 18.4 Å². The van der Waals surface area contributed by atoms with Crippen LogP contribution in [0.15, 0.2) is 33.8 Å².